The highest BCUT2D eigenvalue weighted by Gasteiger charge is 2.42. The molecule has 0 bridgehead atoms. The monoisotopic (exact) mass is 253 g/mol. The van der Waals surface area contributed by atoms with Gasteiger partial charge in [-0.15, -0.1) is 0 Å². The molecule has 0 radical (unpaired) electrons. The third kappa shape index (κ3) is 1.46. The fraction of sp³-hybridized carbons (Fsp3) is 0.364. The number of nitrogens with one attached hydrogen (secondary N) is 1. The Balaban J connectivity index is 2.33. The first-order valence-corrected chi connectivity index (χ1v) is 5.53. The minimum absolute atomic E-state index is 0.110. The Bertz CT molecular complexity index is 367. The van der Waals surface area contributed by atoms with Gasteiger partial charge in [0.1, 0.15) is 0 Å². The first kappa shape index (κ1) is 9.71. The molecule has 1 saturated heterocycles. The number of benzene rings is 1. The van der Waals surface area contributed by atoms with E-state index in [2.05, 4.69) is 40.3 Å². The van der Waals surface area contributed by atoms with Gasteiger partial charge in [-0.05, 0) is 24.1 Å². The molecule has 1 heterocycles. The number of hydrogen-bond donors (Lipinski definition) is 1. The average molecular weight is 254 g/mol. The van der Waals surface area contributed by atoms with E-state index in [1.165, 1.54) is 5.56 Å². The molecule has 0 aliphatic carbocycles. The number of rotatable bonds is 2. The molecule has 3 heteroatoms. The number of β-lactam (4-membered cyclic amide) rings is 1. The molecular formula is C11H12BrNO. The summed E-state index contributed by atoms with van der Waals surface area (Å²) in [6, 6.07) is 8.13. The van der Waals surface area contributed by atoms with E-state index in [4.69, 9.17) is 0 Å². The van der Waals surface area contributed by atoms with Crippen LogP contribution >= 0.6 is 15.9 Å². The van der Waals surface area contributed by atoms with E-state index in [1.54, 1.807) is 0 Å². The molecule has 1 fully saturated rings. The molecule has 1 atom stereocenters. The van der Waals surface area contributed by atoms with Crippen LogP contribution in [0.5, 0.6) is 0 Å². The van der Waals surface area contributed by atoms with Gasteiger partial charge in [-0.3, -0.25) is 4.79 Å². The standard InChI is InChI=1S/C11H12BrNO/c1-2-11(7-10(14)13-11)8-4-3-5-9(12)6-8/h3-6H,2,7H2,1H3,(H,13,14). The molecule has 2 nitrogen and oxygen atoms in total. The van der Waals surface area contributed by atoms with Crippen LogP contribution < -0.4 is 5.32 Å². The summed E-state index contributed by atoms with van der Waals surface area (Å²) in [7, 11) is 0. The number of hydrogen-bond acceptors (Lipinski definition) is 1. The van der Waals surface area contributed by atoms with Crippen LogP contribution in [0.4, 0.5) is 0 Å². The number of amides is 1. The first-order chi connectivity index (χ1) is 6.66. The molecule has 0 saturated carbocycles. The molecule has 0 aromatic heterocycles. The summed E-state index contributed by atoms with van der Waals surface area (Å²) in [5.41, 5.74) is 1.08. The van der Waals surface area contributed by atoms with E-state index < -0.39 is 0 Å². The fourth-order valence-corrected chi connectivity index (χ4v) is 2.30. The van der Waals surface area contributed by atoms with Gasteiger partial charge in [0.2, 0.25) is 5.91 Å². The van der Waals surface area contributed by atoms with Crippen LogP contribution in [-0.4, -0.2) is 5.91 Å². The maximum Gasteiger partial charge on any atom is 0.223 e. The van der Waals surface area contributed by atoms with Crippen molar-refractivity contribution in [2.45, 2.75) is 25.3 Å². The third-order valence-corrected chi connectivity index (χ3v) is 3.32. The smallest absolute Gasteiger partial charge is 0.223 e. The number of carbonyl (C=O) groups is 1. The van der Waals surface area contributed by atoms with Gasteiger partial charge in [0.15, 0.2) is 0 Å². The van der Waals surface area contributed by atoms with Crippen LogP contribution in [0, 0.1) is 0 Å². The molecule has 1 amide bonds. The lowest BCUT2D eigenvalue weighted by Gasteiger charge is -2.42. The van der Waals surface area contributed by atoms with Gasteiger partial charge < -0.3 is 5.32 Å². The maximum absolute atomic E-state index is 11.0. The summed E-state index contributed by atoms with van der Waals surface area (Å²) in [5.74, 6) is 0.145. The Morgan fingerprint density at radius 3 is 2.79 bits per heavy atom. The lowest BCUT2D eigenvalue weighted by atomic mass is 9.78. The summed E-state index contributed by atoms with van der Waals surface area (Å²) < 4.78 is 1.06. The molecular weight excluding hydrogens is 242 g/mol. The zero-order valence-corrected chi connectivity index (χ0v) is 9.60. The Morgan fingerprint density at radius 2 is 2.29 bits per heavy atom. The molecule has 74 valence electrons. The maximum atomic E-state index is 11.0. The van der Waals surface area contributed by atoms with Crippen molar-refractivity contribution in [3.63, 3.8) is 0 Å². The number of halogens is 1. The van der Waals surface area contributed by atoms with Gasteiger partial charge in [-0.25, -0.2) is 0 Å². The minimum atomic E-state index is -0.110. The summed E-state index contributed by atoms with van der Waals surface area (Å²) >= 11 is 3.44. The van der Waals surface area contributed by atoms with Crippen LogP contribution in [0.2, 0.25) is 0 Å². The van der Waals surface area contributed by atoms with Crippen LogP contribution in [-0.2, 0) is 10.3 Å². The quantitative estimate of drug-likeness (QED) is 0.807. The summed E-state index contributed by atoms with van der Waals surface area (Å²) in [6.45, 7) is 2.10. The fourth-order valence-electron chi connectivity index (χ4n) is 1.90. The molecule has 14 heavy (non-hydrogen) atoms. The van der Waals surface area contributed by atoms with Gasteiger partial charge >= 0.3 is 0 Å². The van der Waals surface area contributed by atoms with Crippen molar-refractivity contribution in [1.82, 2.24) is 5.32 Å². The van der Waals surface area contributed by atoms with E-state index >= 15 is 0 Å². The molecule has 1 unspecified atom stereocenters. The van der Waals surface area contributed by atoms with E-state index in [0.717, 1.165) is 10.9 Å². The Labute approximate surface area is 91.8 Å². The Morgan fingerprint density at radius 1 is 1.57 bits per heavy atom. The minimum Gasteiger partial charge on any atom is -0.346 e. The second-order valence-electron chi connectivity index (χ2n) is 3.67. The second kappa shape index (κ2) is 3.39. The van der Waals surface area contributed by atoms with Crippen molar-refractivity contribution in [3.05, 3.63) is 34.3 Å². The van der Waals surface area contributed by atoms with Crippen molar-refractivity contribution >= 4 is 21.8 Å². The predicted molar refractivity (Wildman–Crippen MR) is 58.9 cm³/mol. The van der Waals surface area contributed by atoms with Gasteiger partial charge in [-0.1, -0.05) is 35.0 Å². The zero-order chi connectivity index (χ0) is 10.2. The molecule has 1 N–H and O–H groups in total. The molecule has 1 aromatic carbocycles. The second-order valence-corrected chi connectivity index (χ2v) is 4.59. The van der Waals surface area contributed by atoms with Crippen molar-refractivity contribution in [1.29, 1.82) is 0 Å². The van der Waals surface area contributed by atoms with Crippen molar-refractivity contribution in [2.75, 3.05) is 0 Å². The van der Waals surface area contributed by atoms with E-state index in [9.17, 15) is 4.79 Å². The Hall–Kier alpha value is -0.830. The van der Waals surface area contributed by atoms with Gasteiger partial charge in [0.05, 0.1) is 12.0 Å². The lowest BCUT2D eigenvalue weighted by Crippen LogP contribution is -2.57. The molecule has 0 spiro atoms. The Kier molecular flexibility index (Phi) is 2.35. The van der Waals surface area contributed by atoms with E-state index in [1.807, 2.05) is 12.1 Å². The summed E-state index contributed by atoms with van der Waals surface area (Å²) in [4.78, 5) is 11.0. The van der Waals surface area contributed by atoms with E-state index in [0.29, 0.717) is 6.42 Å². The lowest BCUT2D eigenvalue weighted by molar-refractivity contribution is -0.133. The normalized spacial score (nSPS) is 25.4. The molecule has 2 rings (SSSR count). The average Bonchev–Trinajstić information content (AvgIpc) is 2.12. The van der Waals surface area contributed by atoms with Crippen LogP contribution in [0.3, 0.4) is 0 Å². The third-order valence-electron chi connectivity index (χ3n) is 2.82. The van der Waals surface area contributed by atoms with Crippen LogP contribution in [0.15, 0.2) is 28.7 Å². The summed E-state index contributed by atoms with van der Waals surface area (Å²) in [5, 5.41) is 2.99. The van der Waals surface area contributed by atoms with Gasteiger partial charge in [0, 0.05) is 4.47 Å². The zero-order valence-electron chi connectivity index (χ0n) is 8.01. The van der Waals surface area contributed by atoms with Crippen molar-refractivity contribution in [2.24, 2.45) is 0 Å². The first-order valence-electron chi connectivity index (χ1n) is 4.73. The SMILES string of the molecule is CCC1(c2cccc(Br)c2)CC(=O)N1. The largest absolute Gasteiger partial charge is 0.346 e. The van der Waals surface area contributed by atoms with Crippen molar-refractivity contribution < 1.29 is 4.79 Å². The highest BCUT2D eigenvalue weighted by molar-refractivity contribution is 9.10. The van der Waals surface area contributed by atoms with Gasteiger partial charge in [0.25, 0.3) is 0 Å². The molecule has 1 aliphatic heterocycles. The van der Waals surface area contributed by atoms with Crippen LogP contribution in [0.25, 0.3) is 0 Å². The van der Waals surface area contributed by atoms with Gasteiger partial charge in [-0.2, -0.15) is 0 Å². The topological polar surface area (TPSA) is 29.1 Å². The molecule has 1 aromatic rings. The van der Waals surface area contributed by atoms with Crippen LogP contribution in [0.1, 0.15) is 25.3 Å². The molecule has 1 aliphatic rings. The number of carbonyl (C=O) groups excluding carboxylic acids is 1. The highest BCUT2D eigenvalue weighted by atomic mass is 79.9. The summed E-state index contributed by atoms with van der Waals surface area (Å²) in [6.07, 6.45) is 1.55. The van der Waals surface area contributed by atoms with Crippen molar-refractivity contribution in [3.8, 4) is 0 Å². The van der Waals surface area contributed by atoms with E-state index in [-0.39, 0.29) is 11.4 Å². The predicted octanol–water partition coefficient (Wildman–Crippen LogP) is 2.57. The highest BCUT2D eigenvalue weighted by Crippen LogP contribution is 2.36.